The van der Waals surface area contributed by atoms with Gasteiger partial charge >= 0.3 is 6.03 Å². The van der Waals surface area contributed by atoms with Gasteiger partial charge in [-0.25, -0.2) is 4.79 Å². The van der Waals surface area contributed by atoms with Crippen molar-refractivity contribution in [1.82, 2.24) is 20.0 Å². The summed E-state index contributed by atoms with van der Waals surface area (Å²) >= 11 is 0. The minimum atomic E-state index is -0.239. The number of likely N-dealkylation sites (tertiary alicyclic amines) is 2. The van der Waals surface area contributed by atoms with Crippen molar-refractivity contribution in [2.75, 3.05) is 53.4 Å². The molecule has 132 valence electrons. The van der Waals surface area contributed by atoms with Gasteiger partial charge in [-0.3, -0.25) is 9.69 Å². The van der Waals surface area contributed by atoms with Crippen LogP contribution in [-0.2, 0) is 4.79 Å². The topological polar surface area (TPSA) is 76.1 Å². The normalized spacial score (nSPS) is 23.6. The number of carbonyl (C=O) groups excluding carboxylic acids is 2. The molecular formula is C16H30N4O3. The zero-order valence-corrected chi connectivity index (χ0v) is 14.3. The summed E-state index contributed by atoms with van der Waals surface area (Å²) in [5, 5.41) is 12.0. The van der Waals surface area contributed by atoms with Crippen LogP contribution in [-0.4, -0.2) is 91.2 Å². The Morgan fingerprint density at radius 1 is 1.17 bits per heavy atom. The third-order valence-corrected chi connectivity index (χ3v) is 4.94. The number of aliphatic hydroxyl groups excluding tert-OH is 1. The van der Waals surface area contributed by atoms with E-state index in [4.69, 9.17) is 0 Å². The van der Waals surface area contributed by atoms with Gasteiger partial charge in [0.25, 0.3) is 0 Å². The average molecular weight is 326 g/mol. The van der Waals surface area contributed by atoms with Crippen molar-refractivity contribution in [2.24, 2.45) is 5.92 Å². The first-order valence-electron chi connectivity index (χ1n) is 8.59. The van der Waals surface area contributed by atoms with Gasteiger partial charge in [-0.2, -0.15) is 0 Å². The zero-order chi connectivity index (χ0) is 16.8. The van der Waals surface area contributed by atoms with Gasteiger partial charge in [0.2, 0.25) is 5.91 Å². The van der Waals surface area contributed by atoms with Gasteiger partial charge in [0.15, 0.2) is 0 Å². The van der Waals surface area contributed by atoms with Crippen LogP contribution >= 0.6 is 0 Å². The van der Waals surface area contributed by atoms with Gasteiger partial charge < -0.3 is 20.2 Å². The van der Waals surface area contributed by atoms with Gasteiger partial charge in [-0.15, -0.1) is 0 Å². The van der Waals surface area contributed by atoms with Crippen LogP contribution in [0.25, 0.3) is 0 Å². The Balaban J connectivity index is 1.73. The van der Waals surface area contributed by atoms with E-state index >= 15 is 0 Å². The van der Waals surface area contributed by atoms with Crippen molar-refractivity contribution in [3.8, 4) is 0 Å². The van der Waals surface area contributed by atoms with Crippen LogP contribution in [0.3, 0.4) is 0 Å². The van der Waals surface area contributed by atoms with E-state index in [2.05, 4.69) is 10.2 Å². The lowest BCUT2D eigenvalue weighted by atomic mass is 9.94. The zero-order valence-electron chi connectivity index (χ0n) is 14.3. The smallest absolute Gasteiger partial charge is 0.317 e. The molecule has 2 N–H and O–H groups in total. The molecule has 2 rings (SSSR count). The van der Waals surface area contributed by atoms with Crippen LogP contribution < -0.4 is 5.32 Å². The van der Waals surface area contributed by atoms with E-state index < -0.39 is 0 Å². The van der Waals surface area contributed by atoms with E-state index in [1.54, 1.807) is 14.1 Å². The molecule has 0 bridgehead atoms. The molecule has 7 heteroatoms. The Labute approximate surface area is 138 Å². The van der Waals surface area contributed by atoms with E-state index in [9.17, 15) is 14.7 Å². The van der Waals surface area contributed by atoms with Crippen LogP contribution in [0.4, 0.5) is 4.79 Å². The Kier molecular flexibility index (Phi) is 6.65. The van der Waals surface area contributed by atoms with Crippen molar-refractivity contribution in [2.45, 2.75) is 31.7 Å². The van der Waals surface area contributed by atoms with E-state index in [-0.39, 0.29) is 25.1 Å². The van der Waals surface area contributed by atoms with Crippen molar-refractivity contribution in [3.63, 3.8) is 0 Å². The highest BCUT2D eigenvalue weighted by atomic mass is 16.3. The molecule has 2 saturated heterocycles. The predicted molar refractivity (Wildman–Crippen MR) is 88.1 cm³/mol. The van der Waals surface area contributed by atoms with Crippen molar-refractivity contribution >= 4 is 11.9 Å². The fraction of sp³-hybridized carbons (Fsp3) is 0.875. The maximum Gasteiger partial charge on any atom is 0.317 e. The van der Waals surface area contributed by atoms with Gasteiger partial charge in [0, 0.05) is 46.4 Å². The minimum absolute atomic E-state index is 0.00877. The number of carbonyl (C=O) groups is 2. The second kappa shape index (κ2) is 8.49. The third-order valence-electron chi connectivity index (χ3n) is 4.94. The molecule has 3 amide bonds. The number of nitrogens with zero attached hydrogens (tertiary/aromatic N) is 3. The molecule has 0 unspecified atom stereocenters. The second-order valence-corrected chi connectivity index (χ2v) is 6.85. The summed E-state index contributed by atoms with van der Waals surface area (Å²) in [5.41, 5.74) is 0. The first-order valence-corrected chi connectivity index (χ1v) is 8.59. The number of hydrogen-bond donors (Lipinski definition) is 2. The van der Waals surface area contributed by atoms with Crippen molar-refractivity contribution in [1.29, 1.82) is 0 Å². The lowest BCUT2D eigenvalue weighted by Gasteiger charge is -2.42. The summed E-state index contributed by atoms with van der Waals surface area (Å²) in [6.07, 6.45) is 4.23. The average Bonchev–Trinajstić information content (AvgIpc) is 2.59. The molecule has 0 aromatic rings. The van der Waals surface area contributed by atoms with E-state index in [0.717, 1.165) is 51.9 Å². The number of rotatable bonds is 4. The molecule has 0 spiro atoms. The van der Waals surface area contributed by atoms with Crippen molar-refractivity contribution in [3.05, 3.63) is 0 Å². The molecule has 2 heterocycles. The van der Waals surface area contributed by atoms with Gasteiger partial charge in [-0.05, 0) is 38.1 Å². The fourth-order valence-corrected chi connectivity index (χ4v) is 3.48. The number of urea groups is 1. The highest BCUT2D eigenvalue weighted by Gasteiger charge is 2.29. The van der Waals surface area contributed by atoms with Gasteiger partial charge in [-0.1, -0.05) is 0 Å². The third kappa shape index (κ3) is 5.07. The minimum Gasteiger partial charge on any atom is -0.396 e. The Morgan fingerprint density at radius 2 is 1.87 bits per heavy atom. The molecule has 0 aliphatic carbocycles. The summed E-state index contributed by atoms with van der Waals surface area (Å²) < 4.78 is 0. The Hall–Kier alpha value is -1.34. The summed E-state index contributed by atoms with van der Waals surface area (Å²) in [4.78, 5) is 29.4. The number of amides is 3. The summed E-state index contributed by atoms with van der Waals surface area (Å²) in [6, 6.07) is 0.279. The molecule has 0 aromatic carbocycles. The number of hydrogen-bond acceptors (Lipinski definition) is 4. The first kappa shape index (κ1) is 18.0. The lowest BCUT2D eigenvalue weighted by molar-refractivity contribution is -0.131. The number of nitrogens with one attached hydrogen (secondary N) is 1. The van der Waals surface area contributed by atoms with Gasteiger partial charge in [0.1, 0.15) is 0 Å². The Bertz CT molecular complexity index is 408. The molecule has 0 radical (unpaired) electrons. The van der Waals surface area contributed by atoms with Crippen LogP contribution in [0.1, 0.15) is 25.7 Å². The monoisotopic (exact) mass is 326 g/mol. The molecule has 0 saturated carbocycles. The summed E-state index contributed by atoms with van der Waals surface area (Å²) in [6.45, 7) is 3.93. The first-order chi connectivity index (χ1) is 11.0. The quantitative estimate of drug-likeness (QED) is 0.760. The molecule has 7 nitrogen and oxygen atoms in total. The molecule has 2 aliphatic rings. The highest BCUT2D eigenvalue weighted by molar-refractivity contribution is 5.83. The highest BCUT2D eigenvalue weighted by Crippen LogP contribution is 2.23. The maximum absolute atomic E-state index is 12.2. The molecule has 2 aliphatic heterocycles. The SMILES string of the molecule is CN(C)C(=O)NCC(=O)N1CCC(N2CCC[C@H](CO)C2)CC1. The van der Waals surface area contributed by atoms with Gasteiger partial charge in [0.05, 0.1) is 6.54 Å². The standard InChI is InChI=1S/C16H30N4O3/c1-18(2)16(23)17-10-15(22)19-8-5-14(6-9-19)20-7-3-4-13(11-20)12-21/h13-14,21H,3-12H2,1-2H3,(H,17,23)/t13-/m0/s1. The molecule has 23 heavy (non-hydrogen) atoms. The lowest BCUT2D eigenvalue weighted by Crippen LogP contribution is -2.51. The Morgan fingerprint density at radius 3 is 2.48 bits per heavy atom. The fourth-order valence-electron chi connectivity index (χ4n) is 3.48. The number of piperidine rings is 2. The number of aliphatic hydroxyl groups is 1. The maximum atomic E-state index is 12.2. The molecule has 2 fully saturated rings. The van der Waals surface area contributed by atoms with Crippen molar-refractivity contribution < 1.29 is 14.7 Å². The van der Waals surface area contributed by atoms with Crippen LogP contribution in [0.5, 0.6) is 0 Å². The second-order valence-electron chi connectivity index (χ2n) is 6.85. The van der Waals surface area contributed by atoms with Crippen LogP contribution in [0, 0.1) is 5.92 Å². The summed E-state index contributed by atoms with van der Waals surface area (Å²) in [5.74, 6) is 0.398. The van der Waals surface area contributed by atoms with E-state index in [1.807, 2.05) is 4.90 Å². The molecular weight excluding hydrogens is 296 g/mol. The van der Waals surface area contributed by atoms with Crippen LogP contribution in [0.2, 0.25) is 0 Å². The van der Waals surface area contributed by atoms with E-state index in [0.29, 0.717) is 12.0 Å². The predicted octanol–water partition coefficient (Wildman–Crippen LogP) is -0.0471. The largest absolute Gasteiger partial charge is 0.396 e. The molecule has 0 aromatic heterocycles. The van der Waals surface area contributed by atoms with E-state index in [1.165, 1.54) is 4.90 Å². The summed E-state index contributed by atoms with van der Waals surface area (Å²) in [7, 11) is 3.31. The van der Waals surface area contributed by atoms with Crippen LogP contribution in [0.15, 0.2) is 0 Å². The molecule has 1 atom stereocenters.